The zero-order valence-corrected chi connectivity index (χ0v) is 19.4. The van der Waals surface area contributed by atoms with Gasteiger partial charge in [-0.3, -0.25) is 4.90 Å². The summed E-state index contributed by atoms with van der Waals surface area (Å²) in [5.74, 6) is 1.49. The Morgan fingerprint density at radius 3 is 2.37 bits per heavy atom. The molecule has 1 atom stereocenters. The lowest BCUT2D eigenvalue weighted by Crippen LogP contribution is -2.49. The van der Waals surface area contributed by atoms with Gasteiger partial charge in [0.15, 0.2) is 5.76 Å². The molecule has 1 unspecified atom stereocenters. The van der Waals surface area contributed by atoms with Crippen molar-refractivity contribution in [1.82, 2.24) is 24.3 Å². The molecule has 3 aromatic rings. The summed E-state index contributed by atoms with van der Waals surface area (Å²) in [6, 6.07) is -0.0664. The van der Waals surface area contributed by atoms with Crippen LogP contribution >= 0.6 is 11.3 Å². The van der Waals surface area contributed by atoms with E-state index in [0.29, 0.717) is 49.3 Å². The molecule has 4 rings (SSSR count). The molecule has 30 heavy (non-hydrogen) atoms. The molecule has 1 aliphatic rings. The van der Waals surface area contributed by atoms with Crippen molar-refractivity contribution in [3.05, 3.63) is 27.7 Å². The molecule has 0 radical (unpaired) electrons. The Kier molecular flexibility index (Phi) is 5.33. The van der Waals surface area contributed by atoms with Crippen molar-refractivity contribution >= 4 is 37.4 Å². The van der Waals surface area contributed by atoms with Crippen molar-refractivity contribution in [2.45, 2.75) is 45.6 Å². The van der Waals surface area contributed by atoms with Gasteiger partial charge in [0.2, 0.25) is 10.0 Å². The smallest absolute Gasteiger partial charge is 0.248 e. The Bertz CT molecular complexity index is 1190. The molecule has 2 N–H and O–H groups in total. The third-order valence-corrected chi connectivity index (χ3v) is 9.08. The summed E-state index contributed by atoms with van der Waals surface area (Å²) in [5, 5.41) is 4.72. The van der Waals surface area contributed by atoms with Crippen LogP contribution in [0.3, 0.4) is 0 Å². The molecule has 11 heteroatoms. The van der Waals surface area contributed by atoms with E-state index in [9.17, 15) is 8.42 Å². The summed E-state index contributed by atoms with van der Waals surface area (Å²) in [5.41, 5.74) is 7.76. The van der Waals surface area contributed by atoms with E-state index in [2.05, 4.69) is 22.0 Å². The summed E-state index contributed by atoms with van der Waals surface area (Å²) in [4.78, 5) is 13.8. The molecular weight excluding hydrogens is 424 g/mol. The van der Waals surface area contributed by atoms with E-state index in [1.165, 1.54) is 9.18 Å². The van der Waals surface area contributed by atoms with Gasteiger partial charge in [0, 0.05) is 31.1 Å². The lowest BCUT2D eigenvalue weighted by Gasteiger charge is -2.36. The fraction of sp³-hybridized carbons (Fsp3) is 0.526. The predicted octanol–water partition coefficient (Wildman–Crippen LogP) is 2.56. The molecule has 0 aliphatic carbocycles. The number of anilines is 1. The fourth-order valence-corrected chi connectivity index (χ4v) is 6.71. The van der Waals surface area contributed by atoms with Crippen molar-refractivity contribution < 1.29 is 12.9 Å². The number of hydrogen-bond acceptors (Lipinski definition) is 9. The second-order valence-corrected chi connectivity index (χ2v) is 10.8. The first-order valence-corrected chi connectivity index (χ1v) is 12.1. The van der Waals surface area contributed by atoms with Crippen LogP contribution in [0.4, 0.5) is 5.82 Å². The highest BCUT2D eigenvalue weighted by Crippen LogP contribution is 2.33. The van der Waals surface area contributed by atoms with E-state index in [4.69, 9.17) is 15.2 Å². The second kappa shape index (κ2) is 7.56. The molecule has 0 amide bonds. The maximum absolute atomic E-state index is 13.0. The quantitative estimate of drug-likeness (QED) is 0.644. The molecule has 1 aliphatic heterocycles. The third kappa shape index (κ3) is 3.39. The molecule has 0 aromatic carbocycles. The summed E-state index contributed by atoms with van der Waals surface area (Å²) in [7, 11) is -3.63. The largest absolute Gasteiger partial charge is 0.383 e. The molecule has 0 spiro atoms. The zero-order chi connectivity index (χ0) is 21.8. The lowest BCUT2D eigenvalue weighted by molar-refractivity contribution is 0.141. The van der Waals surface area contributed by atoms with Crippen molar-refractivity contribution in [2.75, 3.05) is 31.9 Å². The minimum Gasteiger partial charge on any atom is -0.383 e. The number of thiophene rings is 1. The highest BCUT2D eigenvalue weighted by Gasteiger charge is 2.34. The van der Waals surface area contributed by atoms with Gasteiger partial charge in [0.05, 0.1) is 11.4 Å². The van der Waals surface area contributed by atoms with E-state index in [1.54, 1.807) is 25.2 Å². The average molecular weight is 451 g/mol. The highest BCUT2D eigenvalue weighted by atomic mass is 32.2. The Hall–Kier alpha value is -2.08. The Morgan fingerprint density at radius 1 is 1.10 bits per heavy atom. The summed E-state index contributed by atoms with van der Waals surface area (Å²) in [6.07, 6.45) is 0. The number of nitrogens with zero attached hydrogens (tertiary/aromatic N) is 5. The monoisotopic (exact) mass is 450 g/mol. The van der Waals surface area contributed by atoms with Gasteiger partial charge in [-0.2, -0.15) is 4.31 Å². The number of fused-ring (bicyclic) bond motifs is 1. The van der Waals surface area contributed by atoms with Gasteiger partial charge in [-0.1, -0.05) is 5.16 Å². The number of aryl methyl sites for hydroxylation is 4. The molecule has 4 heterocycles. The van der Waals surface area contributed by atoms with Gasteiger partial charge < -0.3 is 10.3 Å². The minimum atomic E-state index is -3.63. The number of nitrogens with two attached hydrogens (primary N) is 1. The molecular formula is C19H26N6O3S2. The van der Waals surface area contributed by atoms with Crippen LogP contribution in [0.1, 0.15) is 40.7 Å². The van der Waals surface area contributed by atoms with Crippen LogP contribution in [-0.2, 0) is 10.0 Å². The molecule has 3 aromatic heterocycles. The van der Waals surface area contributed by atoms with Gasteiger partial charge >= 0.3 is 0 Å². The van der Waals surface area contributed by atoms with E-state index in [1.807, 2.05) is 13.8 Å². The number of nitrogen functional groups attached to an aromatic ring is 1. The van der Waals surface area contributed by atoms with Crippen LogP contribution in [0.5, 0.6) is 0 Å². The third-order valence-electron chi connectivity index (χ3n) is 5.83. The van der Waals surface area contributed by atoms with Crippen LogP contribution in [0.25, 0.3) is 10.2 Å². The lowest BCUT2D eigenvalue weighted by atomic mass is 10.2. The normalized spacial score (nSPS) is 17.6. The van der Waals surface area contributed by atoms with Crippen LogP contribution in [0, 0.1) is 27.7 Å². The Morgan fingerprint density at radius 2 is 1.77 bits per heavy atom. The van der Waals surface area contributed by atoms with Crippen LogP contribution in [0.2, 0.25) is 0 Å². The van der Waals surface area contributed by atoms with Crippen molar-refractivity contribution in [1.29, 1.82) is 0 Å². The van der Waals surface area contributed by atoms with Gasteiger partial charge in [-0.25, -0.2) is 18.4 Å². The SMILES string of the molecule is Cc1noc(C)c1S(=O)(=O)N1CCN(C(C)c2nc(N)c3c(C)c(C)sc3n2)CC1. The average Bonchev–Trinajstić information content (AvgIpc) is 3.19. The maximum atomic E-state index is 13.0. The van der Waals surface area contributed by atoms with Crippen LogP contribution < -0.4 is 5.73 Å². The zero-order valence-electron chi connectivity index (χ0n) is 17.8. The summed E-state index contributed by atoms with van der Waals surface area (Å²) < 4.78 is 32.6. The number of sulfonamides is 1. The maximum Gasteiger partial charge on any atom is 0.248 e. The standard InChI is InChI=1S/C19H26N6O3S2/c1-10-14(5)29-19-15(10)17(20)21-18(22-19)12(3)24-6-8-25(9-7-24)30(26,27)16-11(2)23-28-13(16)4/h12H,6-9H2,1-5H3,(H2,20,21,22). The van der Waals surface area contributed by atoms with Crippen molar-refractivity contribution in [3.63, 3.8) is 0 Å². The highest BCUT2D eigenvalue weighted by molar-refractivity contribution is 7.89. The first-order chi connectivity index (χ1) is 14.1. The van der Waals surface area contributed by atoms with Crippen LogP contribution in [-0.4, -0.2) is 58.9 Å². The van der Waals surface area contributed by atoms with E-state index in [0.717, 1.165) is 15.8 Å². The van der Waals surface area contributed by atoms with E-state index < -0.39 is 10.0 Å². The number of piperazine rings is 1. The topological polar surface area (TPSA) is 118 Å². The Labute approximate surface area is 179 Å². The molecule has 1 saturated heterocycles. The predicted molar refractivity (Wildman–Crippen MR) is 116 cm³/mol. The molecule has 0 bridgehead atoms. The van der Waals surface area contributed by atoms with Gasteiger partial charge in [-0.05, 0) is 40.2 Å². The first-order valence-electron chi connectivity index (χ1n) is 9.81. The van der Waals surface area contributed by atoms with Crippen LogP contribution in [0.15, 0.2) is 9.42 Å². The Balaban J connectivity index is 1.52. The number of hydrogen-bond donors (Lipinski definition) is 1. The molecule has 9 nitrogen and oxygen atoms in total. The minimum absolute atomic E-state index is 0.0664. The molecule has 0 saturated carbocycles. The summed E-state index contributed by atoms with van der Waals surface area (Å²) >= 11 is 1.62. The van der Waals surface area contributed by atoms with Crippen molar-refractivity contribution in [2.24, 2.45) is 0 Å². The van der Waals surface area contributed by atoms with E-state index in [-0.39, 0.29) is 10.9 Å². The van der Waals surface area contributed by atoms with Gasteiger partial charge in [0.1, 0.15) is 27.1 Å². The molecule has 1 fully saturated rings. The number of aromatic nitrogens is 3. The van der Waals surface area contributed by atoms with E-state index >= 15 is 0 Å². The van der Waals surface area contributed by atoms with Gasteiger partial charge in [-0.15, -0.1) is 11.3 Å². The fourth-order valence-electron chi connectivity index (χ4n) is 3.95. The second-order valence-electron chi connectivity index (χ2n) is 7.70. The number of rotatable bonds is 4. The molecule has 162 valence electrons. The first kappa shape index (κ1) is 21.2. The van der Waals surface area contributed by atoms with Crippen molar-refractivity contribution in [3.8, 4) is 0 Å². The summed E-state index contributed by atoms with van der Waals surface area (Å²) in [6.45, 7) is 11.3. The van der Waals surface area contributed by atoms with Gasteiger partial charge in [0.25, 0.3) is 0 Å².